The summed E-state index contributed by atoms with van der Waals surface area (Å²) in [6, 6.07) is 4.82. The van der Waals surface area contributed by atoms with Crippen molar-refractivity contribution in [3.8, 4) is 0 Å². The minimum absolute atomic E-state index is 0.0229. The van der Waals surface area contributed by atoms with E-state index in [4.69, 9.17) is 4.52 Å². The molecule has 0 saturated carbocycles. The van der Waals surface area contributed by atoms with Crippen LogP contribution >= 0.6 is 27.3 Å². The molecule has 1 fully saturated rings. The molecule has 1 N–H and O–H groups in total. The Morgan fingerprint density at radius 2 is 2.06 bits per heavy atom. The van der Waals surface area contributed by atoms with E-state index in [0.717, 1.165) is 10.0 Å². The highest BCUT2D eigenvalue weighted by Gasteiger charge is 2.61. The summed E-state index contributed by atoms with van der Waals surface area (Å²) in [6.07, 6.45) is 3.39. The van der Waals surface area contributed by atoms with Gasteiger partial charge in [0.2, 0.25) is 5.89 Å². The number of aromatic nitrogens is 3. The lowest BCUT2D eigenvalue weighted by molar-refractivity contribution is -0.150. The van der Waals surface area contributed by atoms with Gasteiger partial charge >= 0.3 is 5.97 Å². The number of carboxylic acids is 1. The maximum atomic E-state index is 14.2. The van der Waals surface area contributed by atoms with Gasteiger partial charge in [0.1, 0.15) is 10.5 Å². The molecular weight excluding hydrogens is 532 g/mol. The summed E-state index contributed by atoms with van der Waals surface area (Å²) >= 11 is 5.01. The minimum Gasteiger partial charge on any atom is -0.479 e. The van der Waals surface area contributed by atoms with Crippen LogP contribution in [0.15, 0.2) is 45.1 Å². The van der Waals surface area contributed by atoms with E-state index in [1.165, 1.54) is 22.6 Å². The van der Waals surface area contributed by atoms with E-state index in [0.29, 0.717) is 16.5 Å². The lowest BCUT2D eigenvalue weighted by atomic mass is 9.83. The number of likely N-dealkylation sites (tertiary alicyclic amines) is 1. The summed E-state index contributed by atoms with van der Waals surface area (Å²) in [5.41, 5.74) is -0.117. The summed E-state index contributed by atoms with van der Waals surface area (Å²) in [4.78, 5) is 37.5. The number of carboxylic acid groups (broad SMARTS) is 1. The maximum absolute atomic E-state index is 14.2. The highest BCUT2D eigenvalue weighted by atomic mass is 79.9. The summed E-state index contributed by atoms with van der Waals surface area (Å²) in [7, 11) is 0. The first-order valence-corrected chi connectivity index (χ1v) is 13.2. The van der Waals surface area contributed by atoms with Crippen molar-refractivity contribution >= 4 is 39.1 Å². The van der Waals surface area contributed by atoms with Crippen molar-refractivity contribution in [1.82, 2.24) is 20.0 Å². The number of benzene rings is 1. The van der Waals surface area contributed by atoms with Crippen LogP contribution in [0.4, 0.5) is 0 Å². The third-order valence-corrected chi connectivity index (χ3v) is 7.97. The summed E-state index contributed by atoms with van der Waals surface area (Å²) < 4.78 is 6.21. The first-order valence-electron chi connectivity index (χ1n) is 11.5. The molecule has 1 aliphatic heterocycles. The molecule has 3 heterocycles. The van der Waals surface area contributed by atoms with Crippen LogP contribution in [0.5, 0.6) is 0 Å². The minimum atomic E-state index is -1.46. The number of hydrogen-bond acceptors (Lipinski definition) is 7. The van der Waals surface area contributed by atoms with Crippen LogP contribution in [-0.4, -0.2) is 42.5 Å². The number of halogens is 1. The molecule has 3 aromatic rings. The van der Waals surface area contributed by atoms with E-state index in [2.05, 4.69) is 51.8 Å². The molecule has 0 radical (unpaired) electrons. The van der Waals surface area contributed by atoms with Crippen molar-refractivity contribution in [1.29, 1.82) is 0 Å². The Labute approximate surface area is 216 Å². The second kappa shape index (κ2) is 9.46. The standard InChI is InChI=1S/C25H29BrN4O4S/c1-14(2)11-25(23(32)33)12-16(20-28-13-29-34-20)19(21-27-8-9-35-21)30(25)22(31)15-6-7-17(18(26)10-15)24(3,4)5/h6-10,13-14,16,19H,11-12H2,1-5H3,(H,32,33)/t16-,19+,25-/m0/s1. The summed E-state index contributed by atoms with van der Waals surface area (Å²) in [5.74, 6) is -1.58. The fraction of sp³-hybridized carbons (Fsp3) is 0.480. The molecule has 35 heavy (non-hydrogen) atoms. The largest absolute Gasteiger partial charge is 0.479 e. The van der Waals surface area contributed by atoms with Gasteiger partial charge in [0.05, 0.1) is 12.0 Å². The molecule has 0 spiro atoms. The van der Waals surface area contributed by atoms with Crippen LogP contribution < -0.4 is 0 Å². The highest BCUT2D eigenvalue weighted by Crippen LogP contribution is 2.54. The Bertz CT molecular complexity index is 1210. The number of amides is 1. The number of nitrogens with zero attached hydrogens (tertiary/aromatic N) is 4. The van der Waals surface area contributed by atoms with Gasteiger partial charge in [-0.05, 0) is 41.9 Å². The van der Waals surface area contributed by atoms with Crippen LogP contribution in [0.25, 0.3) is 0 Å². The molecule has 0 unspecified atom stereocenters. The molecule has 8 nitrogen and oxygen atoms in total. The molecule has 0 bridgehead atoms. The van der Waals surface area contributed by atoms with E-state index in [1.54, 1.807) is 18.3 Å². The van der Waals surface area contributed by atoms with Crippen LogP contribution in [-0.2, 0) is 10.2 Å². The van der Waals surface area contributed by atoms with Crippen LogP contribution in [0.3, 0.4) is 0 Å². The third kappa shape index (κ3) is 4.65. The smallest absolute Gasteiger partial charge is 0.329 e. The van der Waals surface area contributed by atoms with E-state index in [-0.39, 0.29) is 30.1 Å². The second-order valence-corrected chi connectivity index (χ2v) is 12.2. The molecule has 0 aliphatic carbocycles. The zero-order valence-corrected chi connectivity index (χ0v) is 22.8. The number of thiazole rings is 1. The zero-order valence-electron chi connectivity index (χ0n) is 20.4. The number of hydrogen-bond donors (Lipinski definition) is 1. The fourth-order valence-corrected chi connectivity index (χ4v) is 6.87. The SMILES string of the molecule is CC(C)C[C@@]1(C(=O)O)C[C@H](c2ncno2)[C@H](c2nccs2)N1C(=O)c1ccc(C(C)(C)C)c(Br)c1. The highest BCUT2D eigenvalue weighted by molar-refractivity contribution is 9.10. The van der Waals surface area contributed by atoms with Gasteiger partial charge in [0, 0.05) is 21.6 Å². The summed E-state index contributed by atoms with van der Waals surface area (Å²) in [5, 5.41) is 16.8. The van der Waals surface area contributed by atoms with Crippen LogP contribution in [0, 0.1) is 5.92 Å². The first kappa shape index (κ1) is 25.5. The number of carbonyl (C=O) groups excluding carboxylic acids is 1. The predicted octanol–water partition coefficient (Wildman–Crippen LogP) is 5.83. The molecule has 4 rings (SSSR count). The van der Waals surface area contributed by atoms with Crippen molar-refractivity contribution in [2.75, 3.05) is 0 Å². The molecule has 1 aromatic carbocycles. The van der Waals surface area contributed by atoms with Gasteiger partial charge < -0.3 is 14.5 Å². The van der Waals surface area contributed by atoms with Gasteiger partial charge in [-0.1, -0.05) is 61.8 Å². The zero-order chi connectivity index (χ0) is 25.5. The Hall–Kier alpha value is -2.59. The Morgan fingerprint density at radius 1 is 1.31 bits per heavy atom. The first-order chi connectivity index (χ1) is 16.5. The monoisotopic (exact) mass is 560 g/mol. The van der Waals surface area contributed by atoms with Crippen LogP contribution in [0.1, 0.15) is 86.2 Å². The average molecular weight is 562 g/mol. The van der Waals surface area contributed by atoms with Gasteiger partial charge in [-0.2, -0.15) is 4.98 Å². The molecule has 2 aromatic heterocycles. The molecular formula is C25H29BrN4O4S. The van der Waals surface area contributed by atoms with E-state index < -0.39 is 23.5 Å². The lowest BCUT2D eigenvalue weighted by Gasteiger charge is -2.38. The Kier molecular flexibility index (Phi) is 6.89. The molecule has 1 aliphatic rings. The molecule has 1 saturated heterocycles. The number of carbonyl (C=O) groups is 2. The van der Waals surface area contributed by atoms with Gasteiger partial charge in [-0.3, -0.25) is 4.79 Å². The molecule has 10 heteroatoms. The third-order valence-electron chi connectivity index (χ3n) is 6.46. The van der Waals surface area contributed by atoms with E-state index in [1.807, 2.05) is 25.3 Å². The van der Waals surface area contributed by atoms with Gasteiger partial charge in [-0.25, -0.2) is 9.78 Å². The molecule has 3 atom stereocenters. The van der Waals surface area contributed by atoms with E-state index in [9.17, 15) is 14.7 Å². The lowest BCUT2D eigenvalue weighted by Crippen LogP contribution is -2.54. The van der Waals surface area contributed by atoms with Gasteiger partial charge in [0.25, 0.3) is 5.91 Å². The molecule has 1 amide bonds. The van der Waals surface area contributed by atoms with Crippen molar-refractivity contribution < 1.29 is 19.2 Å². The fourth-order valence-electron chi connectivity index (χ4n) is 5.10. The average Bonchev–Trinajstić information content (AvgIpc) is 3.51. The van der Waals surface area contributed by atoms with Crippen LogP contribution in [0.2, 0.25) is 0 Å². The predicted molar refractivity (Wildman–Crippen MR) is 135 cm³/mol. The van der Waals surface area contributed by atoms with Crippen molar-refractivity contribution in [3.63, 3.8) is 0 Å². The normalized spacial score (nSPS) is 22.7. The Balaban J connectivity index is 1.90. The number of aliphatic carboxylic acids is 1. The number of rotatable bonds is 6. The topological polar surface area (TPSA) is 109 Å². The second-order valence-electron chi connectivity index (χ2n) is 10.5. The van der Waals surface area contributed by atoms with Crippen molar-refractivity contribution in [2.24, 2.45) is 5.92 Å². The maximum Gasteiger partial charge on any atom is 0.329 e. The van der Waals surface area contributed by atoms with Crippen molar-refractivity contribution in [2.45, 2.75) is 70.4 Å². The van der Waals surface area contributed by atoms with E-state index >= 15 is 0 Å². The quantitative estimate of drug-likeness (QED) is 0.404. The van der Waals surface area contributed by atoms with Gasteiger partial charge in [0.15, 0.2) is 6.33 Å². The summed E-state index contributed by atoms with van der Waals surface area (Å²) in [6.45, 7) is 10.2. The molecule has 186 valence electrons. The Morgan fingerprint density at radius 3 is 2.57 bits per heavy atom. The van der Waals surface area contributed by atoms with Gasteiger partial charge in [-0.15, -0.1) is 11.3 Å². The van der Waals surface area contributed by atoms with Crippen molar-refractivity contribution in [3.05, 3.63) is 62.6 Å².